The third-order valence-electron chi connectivity index (χ3n) is 2.62. The van der Waals surface area contributed by atoms with Gasteiger partial charge in [0.1, 0.15) is 17.0 Å². The maximum absolute atomic E-state index is 5.73. The Labute approximate surface area is 101 Å². The summed E-state index contributed by atoms with van der Waals surface area (Å²) in [6.45, 7) is 1.24. The van der Waals surface area contributed by atoms with Gasteiger partial charge in [0.05, 0.1) is 12.2 Å². The number of fused-ring (bicyclic) bond motifs is 2. The van der Waals surface area contributed by atoms with Crippen LogP contribution >= 0.6 is 15.9 Å². The molecule has 2 aromatic rings. The first-order chi connectivity index (χ1) is 7.72. The zero-order valence-electron chi connectivity index (χ0n) is 8.48. The maximum atomic E-state index is 5.73. The van der Waals surface area contributed by atoms with Crippen molar-refractivity contribution in [2.75, 3.05) is 5.73 Å². The SMILES string of the molecule is Nc1ccc2c(c1)OCc1cc(Br)nn1C2. The fraction of sp³-hybridized carbons (Fsp3) is 0.182. The van der Waals surface area contributed by atoms with E-state index >= 15 is 0 Å². The van der Waals surface area contributed by atoms with Crippen LogP contribution in [0.15, 0.2) is 28.9 Å². The molecule has 0 unspecified atom stereocenters. The maximum Gasteiger partial charge on any atom is 0.130 e. The molecule has 0 saturated carbocycles. The molecule has 0 atom stereocenters. The molecule has 16 heavy (non-hydrogen) atoms. The third kappa shape index (κ3) is 1.57. The molecule has 5 heteroatoms. The highest BCUT2D eigenvalue weighted by Crippen LogP contribution is 2.27. The van der Waals surface area contributed by atoms with Crippen LogP contribution in [0.5, 0.6) is 5.75 Å². The van der Waals surface area contributed by atoms with E-state index in [0.717, 1.165) is 33.8 Å². The summed E-state index contributed by atoms with van der Waals surface area (Å²) >= 11 is 3.36. The Hall–Kier alpha value is -1.49. The van der Waals surface area contributed by atoms with E-state index < -0.39 is 0 Å². The summed E-state index contributed by atoms with van der Waals surface area (Å²) in [5.41, 5.74) is 8.61. The van der Waals surface area contributed by atoms with Gasteiger partial charge in [-0.15, -0.1) is 0 Å². The van der Waals surface area contributed by atoms with E-state index in [9.17, 15) is 0 Å². The van der Waals surface area contributed by atoms with Crippen molar-refractivity contribution in [1.82, 2.24) is 9.78 Å². The smallest absolute Gasteiger partial charge is 0.130 e. The molecule has 2 N–H and O–H groups in total. The third-order valence-corrected chi connectivity index (χ3v) is 3.01. The van der Waals surface area contributed by atoms with Gasteiger partial charge >= 0.3 is 0 Å². The normalized spacial score (nSPS) is 13.6. The molecule has 0 bridgehead atoms. The Morgan fingerprint density at radius 3 is 3.12 bits per heavy atom. The molecule has 2 heterocycles. The number of hydrogen-bond donors (Lipinski definition) is 1. The zero-order valence-corrected chi connectivity index (χ0v) is 10.1. The Kier molecular flexibility index (Phi) is 2.14. The Morgan fingerprint density at radius 1 is 1.38 bits per heavy atom. The second-order valence-corrected chi connectivity index (χ2v) is 4.58. The average Bonchev–Trinajstić information content (AvgIpc) is 2.51. The van der Waals surface area contributed by atoms with Gasteiger partial charge in [-0.25, -0.2) is 0 Å². The molecule has 0 amide bonds. The van der Waals surface area contributed by atoms with Gasteiger partial charge in [-0.3, -0.25) is 4.68 Å². The number of aromatic nitrogens is 2. The summed E-state index contributed by atoms with van der Waals surface area (Å²) in [4.78, 5) is 0. The lowest BCUT2D eigenvalue weighted by molar-refractivity contribution is 0.302. The van der Waals surface area contributed by atoms with E-state index in [1.807, 2.05) is 28.9 Å². The largest absolute Gasteiger partial charge is 0.487 e. The van der Waals surface area contributed by atoms with Crippen LogP contribution in [0, 0.1) is 0 Å². The molecule has 82 valence electrons. The molecule has 0 spiro atoms. The number of nitrogens with two attached hydrogens (primary N) is 1. The minimum atomic E-state index is 0.523. The van der Waals surface area contributed by atoms with Crippen LogP contribution < -0.4 is 10.5 Å². The number of rotatable bonds is 0. The summed E-state index contributed by atoms with van der Waals surface area (Å²) in [5.74, 6) is 0.849. The van der Waals surface area contributed by atoms with Crippen molar-refractivity contribution in [1.29, 1.82) is 0 Å². The summed E-state index contributed by atoms with van der Waals surface area (Å²) in [6, 6.07) is 7.69. The van der Waals surface area contributed by atoms with E-state index in [1.54, 1.807) is 0 Å². The summed E-state index contributed by atoms with van der Waals surface area (Å²) in [7, 11) is 0. The van der Waals surface area contributed by atoms with Gasteiger partial charge in [0.25, 0.3) is 0 Å². The van der Waals surface area contributed by atoms with Crippen molar-refractivity contribution >= 4 is 21.6 Å². The van der Waals surface area contributed by atoms with Crippen molar-refractivity contribution in [3.8, 4) is 5.75 Å². The molecule has 0 fully saturated rings. The summed E-state index contributed by atoms with van der Waals surface area (Å²) in [6.07, 6.45) is 0. The molecule has 4 nitrogen and oxygen atoms in total. The first kappa shape index (κ1) is 9.72. The number of hydrogen-bond acceptors (Lipinski definition) is 3. The van der Waals surface area contributed by atoms with Crippen molar-refractivity contribution in [3.05, 3.63) is 40.1 Å². The number of anilines is 1. The molecule has 1 aromatic carbocycles. The number of nitrogens with zero attached hydrogens (tertiary/aromatic N) is 2. The van der Waals surface area contributed by atoms with Gasteiger partial charge in [-0.2, -0.15) is 5.10 Å². The molecule has 3 rings (SSSR count). The quantitative estimate of drug-likeness (QED) is 0.752. The second-order valence-electron chi connectivity index (χ2n) is 3.77. The molecule has 1 aromatic heterocycles. The molecule has 0 saturated heterocycles. The van der Waals surface area contributed by atoms with Gasteiger partial charge in [0, 0.05) is 17.3 Å². The highest BCUT2D eigenvalue weighted by atomic mass is 79.9. The van der Waals surface area contributed by atoms with E-state index in [0.29, 0.717) is 6.61 Å². The van der Waals surface area contributed by atoms with Gasteiger partial charge in [-0.05, 0) is 28.1 Å². The monoisotopic (exact) mass is 279 g/mol. The lowest BCUT2D eigenvalue weighted by Gasteiger charge is -2.06. The molecular formula is C11H10BrN3O. The molecular weight excluding hydrogens is 270 g/mol. The highest BCUT2D eigenvalue weighted by molar-refractivity contribution is 9.10. The summed E-state index contributed by atoms with van der Waals surface area (Å²) in [5, 5.41) is 4.35. The molecule has 1 aliphatic heterocycles. The molecule has 1 aliphatic rings. The first-order valence-corrected chi connectivity index (χ1v) is 5.75. The fourth-order valence-electron chi connectivity index (χ4n) is 1.82. The van der Waals surface area contributed by atoms with Crippen LogP contribution in [0.4, 0.5) is 5.69 Å². The zero-order chi connectivity index (χ0) is 11.1. The predicted octanol–water partition coefficient (Wildman–Crippen LogP) is 2.17. The predicted molar refractivity (Wildman–Crippen MR) is 64.2 cm³/mol. The lowest BCUT2D eigenvalue weighted by atomic mass is 10.2. The van der Waals surface area contributed by atoms with Crippen LogP contribution in [0.1, 0.15) is 11.3 Å². The Bertz CT molecular complexity index is 550. The standard InChI is InChI=1S/C11H10BrN3O/c12-11-4-9-6-16-10-3-8(13)2-1-7(10)5-15(9)14-11/h1-4H,5-6,13H2. The topological polar surface area (TPSA) is 53.1 Å². The van der Waals surface area contributed by atoms with Crippen LogP contribution in [0.25, 0.3) is 0 Å². The number of ether oxygens (including phenoxy) is 1. The van der Waals surface area contributed by atoms with Crippen molar-refractivity contribution in [2.24, 2.45) is 0 Å². The van der Waals surface area contributed by atoms with Gasteiger partial charge in [-0.1, -0.05) is 6.07 Å². The van der Waals surface area contributed by atoms with E-state index in [1.165, 1.54) is 0 Å². The van der Waals surface area contributed by atoms with Crippen LogP contribution in [0.2, 0.25) is 0 Å². The van der Waals surface area contributed by atoms with Crippen molar-refractivity contribution in [2.45, 2.75) is 13.2 Å². The van der Waals surface area contributed by atoms with Gasteiger partial charge in [0.15, 0.2) is 0 Å². The van der Waals surface area contributed by atoms with Crippen molar-refractivity contribution in [3.63, 3.8) is 0 Å². The number of halogens is 1. The molecule has 0 aliphatic carbocycles. The second kappa shape index (κ2) is 3.52. The van der Waals surface area contributed by atoms with Crippen molar-refractivity contribution < 1.29 is 4.74 Å². The van der Waals surface area contributed by atoms with E-state index in [4.69, 9.17) is 10.5 Å². The van der Waals surface area contributed by atoms with Gasteiger partial charge in [0.2, 0.25) is 0 Å². The minimum absolute atomic E-state index is 0.523. The molecule has 0 radical (unpaired) electrons. The van der Waals surface area contributed by atoms with Crippen LogP contribution in [-0.2, 0) is 13.2 Å². The average molecular weight is 280 g/mol. The summed E-state index contributed by atoms with van der Waals surface area (Å²) < 4.78 is 8.48. The fourth-order valence-corrected chi connectivity index (χ4v) is 2.28. The Morgan fingerprint density at radius 2 is 2.25 bits per heavy atom. The Balaban J connectivity index is 2.07. The van der Waals surface area contributed by atoms with Gasteiger partial charge < -0.3 is 10.5 Å². The van der Waals surface area contributed by atoms with Crippen LogP contribution in [0.3, 0.4) is 0 Å². The minimum Gasteiger partial charge on any atom is -0.487 e. The van der Waals surface area contributed by atoms with E-state index in [-0.39, 0.29) is 0 Å². The van der Waals surface area contributed by atoms with E-state index in [2.05, 4.69) is 21.0 Å². The lowest BCUT2D eigenvalue weighted by Crippen LogP contribution is -2.03. The number of nitrogen functional groups attached to an aromatic ring is 1. The highest BCUT2D eigenvalue weighted by Gasteiger charge is 2.15. The number of benzene rings is 1. The first-order valence-electron chi connectivity index (χ1n) is 4.96. The van der Waals surface area contributed by atoms with Crippen LogP contribution in [-0.4, -0.2) is 9.78 Å².